The lowest BCUT2D eigenvalue weighted by Crippen LogP contribution is -2.22. The minimum atomic E-state index is 0.487. The highest BCUT2D eigenvalue weighted by Gasteiger charge is 2.28. The fourth-order valence-corrected chi connectivity index (χ4v) is 2.21. The molecule has 76 valence electrons. The maximum Gasteiger partial charge on any atom is 0.0576 e. The summed E-state index contributed by atoms with van der Waals surface area (Å²) in [5, 5.41) is 0. The second-order valence-corrected chi connectivity index (χ2v) is 4.57. The van der Waals surface area contributed by atoms with E-state index >= 15 is 0 Å². The first kappa shape index (κ1) is 9.47. The Morgan fingerprint density at radius 2 is 2.15 bits per heavy atom. The molecule has 1 heterocycles. The summed E-state index contributed by atoms with van der Waals surface area (Å²) in [5.74, 6) is 0.865. The van der Waals surface area contributed by atoms with Crippen LogP contribution in [0, 0.1) is 5.92 Å². The van der Waals surface area contributed by atoms with Crippen LogP contribution in [-0.4, -0.2) is 18.8 Å². The summed E-state index contributed by atoms with van der Waals surface area (Å²) in [6, 6.07) is 0.487. The van der Waals surface area contributed by atoms with Crippen LogP contribution in [0.5, 0.6) is 0 Å². The van der Waals surface area contributed by atoms with E-state index in [1.165, 1.54) is 44.9 Å². The van der Waals surface area contributed by atoms with Crippen molar-refractivity contribution in [1.82, 2.24) is 0 Å². The van der Waals surface area contributed by atoms with Crippen molar-refractivity contribution < 1.29 is 4.74 Å². The number of hydrogen-bond donors (Lipinski definition) is 1. The van der Waals surface area contributed by atoms with E-state index in [2.05, 4.69) is 0 Å². The third kappa shape index (κ3) is 2.96. The van der Waals surface area contributed by atoms with Gasteiger partial charge in [0.15, 0.2) is 0 Å². The van der Waals surface area contributed by atoms with E-state index in [4.69, 9.17) is 10.5 Å². The minimum absolute atomic E-state index is 0.487. The Hall–Kier alpha value is -0.0800. The molecule has 0 aromatic carbocycles. The standard InChI is InChI=1S/C11H21NO/c12-11(9-6-7-9)5-1-3-10-4-2-8-13-10/h9-11H,1-8,12H2. The Morgan fingerprint density at radius 3 is 2.77 bits per heavy atom. The summed E-state index contributed by atoms with van der Waals surface area (Å²) < 4.78 is 5.57. The van der Waals surface area contributed by atoms with Crippen LogP contribution in [0.3, 0.4) is 0 Å². The van der Waals surface area contributed by atoms with Gasteiger partial charge in [0, 0.05) is 12.6 Å². The van der Waals surface area contributed by atoms with E-state index in [9.17, 15) is 0 Å². The van der Waals surface area contributed by atoms with Gasteiger partial charge in [0.25, 0.3) is 0 Å². The molecule has 2 nitrogen and oxygen atoms in total. The molecule has 2 fully saturated rings. The van der Waals surface area contributed by atoms with Crippen molar-refractivity contribution >= 4 is 0 Å². The molecular weight excluding hydrogens is 162 g/mol. The second-order valence-electron chi connectivity index (χ2n) is 4.57. The third-order valence-corrected chi connectivity index (χ3v) is 3.32. The summed E-state index contributed by atoms with van der Waals surface area (Å²) in [6.45, 7) is 0.985. The molecule has 2 N–H and O–H groups in total. The van der Waals surface area contributed by atoms with Crippen LogP contribution in [-0.2, 0) is 4.74 Å². The average molecular weight is 183 g/mol. The van der Waals surface area contributed by atoms with Crippen molar-refractivity contribution in [2.24, 2.45) is 11.7 Å². The molecule has 0 radical (unpaired) electrons. The SMILES string of the molecule is NC(CCCC1CCCO1)C1CC1. The van der Waals surface area contributed by atoms with E-state index in [1.54, 1.807) is 0 Å². The molecule has 2 heteroatoms. The van der Waals surface area contributed by atoms with Crippen molar-refractivity contribution in [3.63, 3.8) is 0 Å². The molecule has 1 saturated heterocycles. The topological polar surface area (TPSA) is 35.2 Å². The minimum Gasteiger partial charge on any atom is -0.378 e. The van der Waals surface area contributed by atoms with Crippen LogP contribution in [0.2, 0.25) is 0 Å². The first-order valence-electron chi connectivity index (χ1n) is 5.73. The highest BCUT2D eigenvalue weighted by molar-refractivity contribution is 4.83. The normalized spacial score (nSPS) is 30.7. The number of ether oxygens (including phenoxy) is 1. The van der Waals surface area contributed by atoms with E-state index in [0.717, 1.165) is 12.5 Å². The van der Waals surface area contributed by atoms with Crippen molar-refractivity contribution in [3.05, 3.63) is 0 Å². The van der Waals surface area contributed by atoms with Gasteiger partial charge in [0.05, 0.1) is 6.10 Å². The zero-order valence-corrected chi connectivity index (χ0v) is 8.37. The van der Waals surface area contributed by atoms with Crippen molar-refractivity contribution in [2.75, 3.05) is 6.61 Å². The summed E-state index contributed by atoms with van der Waals surface area (Å²) >= 11 is 0. The van der Waals surface area contributed by atoms with Crippen LogP contribution in [0.4, 0.5) is 0 Å². The average Bonchev–Trinajstić information content (AvgIpc) is 2.86. The first-order chi connectivity index (χ1) is 6.36. The maximum atomic E-state index is 6.02. The van der Waals surface area contributed by atoms with Gasteiger partial charge in [0.1, 0.15) is 0 Å². The molecule has 0 aromatic rings. The first-order valence-corrected chi connectivity index (χ1v) is 5.73. The van der Waals surface area contributed by atoms with Crippen LogP contribution >= 0.6 is 0 Å². The quantitative estimate of drug-likeness (QED) is 0.708. The Bertz CT molecular complexity index is 148. The van der Waals surface area contributed by atoms with Crippen LogP contribution < -0.4 is 5.73 Å². The molecule has 2 atom stereocenters. The number of hydrogen-bond acceptors (Lipinski definition) is 2. The van der Waals surface area contributed by atoms with Crippen LogP contribution in [0.25, 0.3) is 0 Å². The Kier molecular flexibility index (Phi) is 3.23. The van der Waals surface area contributed by atoms with E-state index in [-0.39, 0.29) is 0 Å². The summed E-state index contributed by atoms with van der Waals surface area (Å²) in [5.41, 5.74) is 6.02. The molecule has 1 aliphatic carbocycles. The van der Waals surface area contributed by atoms with Gasteiger partial charge in [0.2, 0.25) is 0 Å². The Balaban J connectivity index is 1.52. The third-order valence-electron chi connectivity index (χ3n) is 3.32. The summed E-state index contributed by atoms with van der Waals surface area (Å²) in [4.78, 5) is 0. The summed E-state index contributed by atoms with van der Waals surface area (Å²) in [7, 11) is 0. The van der Waals surface area contributed by atoms with Crippen molar-refractivity contribution in [3.8, 4) is 0 Å². The van der Waals surface area contributed by atoms with E-state index < -0.39 is 0 Å². The molecule has 0 amide bonds. The zero-order valence-electron chi connectivity index (χ0n) is 8.37. The fourth-order valence-electron chi connectivity index (χ4n) is 2.21. The van der Waals surface area contributed by atoms with Gasteiger partial charge in [-0.2, -0.15) is 0 Å². The fraction of sp³-hybridized carbons (Fsp3) is 1.00. The highest BCUT2D eigenvalue weighted by Crippen LogP contribution is 2.33. The molecule has 0 aromatic heterocycles. The van der Waals surface area contributed by atoms with Gasteiger partial charge in [-0.1, -0.05) is 0 Å². The van der Waals surface area contributed by atoms with Gasteiger partial charge >= 0.3 is 0 Å². The van der Waals surface area contributed by atoms with E-state index in [0.29, 0.717) is 12.1 Å². The number of nitrogens with two attached hydrogens (primary N) is 1. The number of rotatable bonds is 5. The van der Waals surface area contributed by atoms with Gasteiger partial charge < -0.3 is 10.5 Å². The van der Waals surface area contributed by atoms with Gasteiger partial charge in [-0.05, 0) is 50.9 Å². The molecule has 2 rings (SSSR count). The predicted molar refractivity (Wildman–Crippen MR) is 53.5 cm³/mol. The molecule has 0 spiro atoms. The van der Waals surface area contributed by atoms with Gasteiger partial charge in [-0.15, -0.1) is 0 Å². The monoisotopic (exact) mass is 183 g/mol. The maximum absolute atomic E-state index is 6.02. The Morgan fingerprint density at radius 1 is 1.31 bits per heavy atom. The molecule has 2 unspecified atom stereocenters. The molecule has 0 bridgehead atoms. The Labute approximate surface area is 80.8 Å². The zero-order chi connectivity index (χ0) is 9.10. The molecule has 1 saturated carbocycles. The largest absolute Gasteiger partial charge is 0.378 e. The lowest BCUT2D eigenvalue weighted by molar-refractivity contribution is 0.101. The molecule has 13 heavy (non-hydrogen) atoms. The van der Waals surface area contributed by atoms with Crippen LogP contribution in [0.1, 0.15) is 44.9 Å². The van der Waals surface area contributed by atoms with Crippen molar-refractivity contribution in [2.45, 2.75) is 57.1 Å². The highest BCUT2D eigenvalue weighted by atomic mass is 16.5. The summed E-state index contributed by atoms with van der Waals surface area (Å²) in [6.07, 6.45) is 9.57. The molecule has 2 aliphatic rings. The van der Waals surface area contributed by atoms with Crippen molar-refractivity contribution in [1.29, 1.82) is 0 Å². The van der Waals surface area contributed by atoms with E-state index in [1.807, 2.05) is 0 Å². The predicted octanol–water partition coefficient (Wildman–Crippen LogP) is 2.07. The lowest BCUT2D eigenvalue weighted by atomic mass is 10.0. The smallest absolute Gasteiger partial charge is 0.0576 e. The molecule has 1 aliphatic heterocycles. The molecular formula is C11H21NO. The van der Waals surface area contributed by atoms with Crippen LogP contribution in [0.15, 0.2) is 0 Å². The second kappa shape index (κ2) is 4.43. The van der Waals surface area contributed by atoms with Gasteiger partial charge in [-0.3, -0.25) is 0 Å². The lowest BCUT2D eigenvalue weighted by Gasteiger charge is -2.12. The van der Waals surface area contributed by atoms with Gasteiger partial charge in [-0.25, -0.2) is 0 Å².